The van der Waals surface area contributed by atoms with E-state index in [1.165, 1.54) is 0 Å². The molecule has 0 heterocycles. The van der Waals surface area contributed by atoms with Gasteiger partial charge in [0.25, 0.3) is 0 Å². The molecule has 0 aliphatic rings. The Morgan fingerprint density at radius 2 is 1.75 bits per heavy atom. The Morgan fingerprint density at radius 1 is 1.15 bits per heavy atom. The highest BCUT2D eigenvalue weighted by Gasteiger charge is 2.18. The molecule has 20 heavy (non-hydrogen) atoms. The molecule has 0 rings (SSSR count). The lowest BCUT2D eigenvalue weighted by atomic mass is 10.0. The maximum Gasteiger partial charge on any atom is 0.307 e. The van der Waals surface area contributed by atoms with E-state index in [0.717, 1.165) is 38.8 Å². The summed E-state index contributed by atoms with van der Waals surface area (Å²) in [6, 6.07) is 0. The lowest BCUT2D eigenvalue weighted by Gasteiger charge is -2.20. The van der Waals surface area contributed by atoms with Crippen molar-refractivity contribution >= 4 is 5.97 Å². The number of aliphatic carboxylic acids is 1. The number of hydrogen-bond acceptors (Lipinski definition) is 3. The highest BCUT2D eigenvalue weighted by molar-refractivity contribution is 5.70. The second kappa shape index (κ2) is 16.4. The van der Waals surface area contributed by atoms with Gasteiger partial charge in [0, 0.05) is 19.8 Å². The van der Waals surface area contributed by atoms with Crippen molar-refractivity contribution in [1.82, 2.24) is 4.90 Å². The van der Waals surface area contributed by atoms with Crippen LogP contribution in [0.4, 0.5) is 0 Å². The quantitative estimate of drug-likeness (QED) is 0.557. The number of unbranched alkanes of at least 4 members (excludes halogenated alkanes) is 1. The highest BCUT2D eigenvalue weighted by atomic mass is 16.5. The fourth-order valence-electron chi connectivity index (χ4n) is 1.92. The molecule has 4 heteroatoms. The molecule has 0 aromatic heterocycles. The highest BCUT2D eigenvalue weighted by Crippen LogP contribution is 2.09. The van der Waals surface area contributed by atoms with Crippen LogP contribution in [-0.2, 0) is 9.53 Å². The molecule has 122 valence electrons. The molecule has 0 aromatic carbocycles. The number of nitrogens with zero attached hydrogens (tertiary/aromatic N) is 1. The molecule has 0 saturated heterocycles. The van der Waals surface area contributed by atoms with Gasteiger partial charge in [-0.2, -0.15) is 0 Å². The maximum absolute atomic E-state index is 11.1. The Labute approximate surface area is 125 Å². The molecule has 0 aliphatic carbocycles. The molecular weight excluding hydrogens is 254 g/mol. The summed E-state index contributed by atoms with van der Waals surface area (Å²) in [6.07, 6.45) is 4.82. The summed E-state index contributed by atoms with van der Waals surface area (Å²) in [5.74, 6) is -0.956. The van der Waals surface area contributed by atoms with Crippen LogP contribution in [0.3, 0.4) is 0 Å². The fourth-order valence-corrected chi connectivity index (χ4v) is 1.92. The largest absolute Gasteiger partial charge is 0.481 e. The van der Waals surface area contributed by atoms with Crippen LogP contribution in [0, 0.1) is 5.92 Å². The van der Waals surface area contributed by atoms with Crippen molar-refractivity contribution in [2.75, 3.05) is 33.4 Å². The minimum Gasteiger partial charge on any atom is -0.481 e. The minimum atomic E-state index is -0.688. The van der Waals surface area contributed by atoms with E-state index in [-0.39, 0.29) is 5.92 Å². The van der Waals surface area contributed by atoms with Gasteiger partial charge in [-0.25, -0.2) is 0 Å². The van der Waals surface area contributed by atoms with Crippen molar-refractivity contribution in [2.45, 2.75) is 59.8 Å². The maximum atomic E-state index is 11.1. The van der Waals surface area contributed by atoms with E-state index < -0.39 is 5.97 Å². The summed E-state index contributed by atoms with van der Waals surface area (Å²) in [5.41, 5.74) is 0. The molecule has 0 radical (unpaired) electrons. The third kappa shape index (κ3) is 13.8. The first-order valence-electron chi connectivity index (χ1n) is 8.10. The van der Waals surface area contributed by atoms with Crippen LogP contribution in [0.15, 0.2) is 0 Å². The second-order valence-corrected chi connectivity index (χ2v) is 4.91. The van der Waals surface area contributed by atoms with Gasteiger partial charge in [0.15, 0.2) is 0 Å². The van der Waals surface area contributed by atoms with Crippen LogP contribution in [-0.4, -0.2) is 49.3 Å². The molecule has 4 nitrogen and oxygen atoms in total. The van der Waals surface area contributed by atoms with E-state index in [1.54, 1.807) is 0 Å². The predicted molar refractivity (Wildman–Crippen MR) is 85.2 cm³/mol. The van der Waals surface area contributed by atoms with Crippen molar-refractivity contribution < 1.29 is 14.6 Å². The second-order valence-electron chi connectivity index (χ2n) is 4.91. The minimum absolute atomic E-state index is 0.267. The number of hydrogen-bond donors (Lipinski definition) is 1. The SMILES string of the molecule is CC.CCCCOCCCC(CN(C)CCC)C(=O)O. The Balaban J connectivity index is 0. The van der Waals surface area contributed by atoms with Gasteiger partial charge in [-0.05, 0) is 39.3 Å². The molecule has 0 saturated carbocycles. The summed E-state index contributed by atoms with van der Waals surface area (Å²) >= 11 is 0. The average molecular weight is 289 g/mol. The van der Waals surface area contributed by atoms with E-state index in [0.29, 0.717) is 19.6 Å². The lowest BCUT2D eigenvalue weighted by Crippen LogP contribution is -2.31. The first kappa shape index (κ1) is 21.7. The van der Waals surface area contributed by atoms with Crippen LogP contribution in [0.1, 0.15) is 59.8 Å². The van der Waals surface area contributed by atoms with Gasteiger partial charge in [0.05, 0.1) is 5.92 Å². The zero-order chi connectivity index (χ0) is 15.8. The molecule has 0 amide bonds. The van der Waals surface area contributed by atoms with Crippen LogP contribution in [0.25, 0.3) is 0 Å². The van der Waals surface area contributed by atoms with E-state index in [2.05, 4.69) is 18.7 Å². The smallest absolute Gasteiger partial charge is 0.307 e. The lowest BCUT2D eigenvalue weighted by molar-refractivity contribution is -0.142. The zero-order valence-electron chi connectivity index (χ0n) is 14.2. The van der Waals surface area contributed by atoms with Crippen molar-refractivity contribution in [3.05, 3.63) is 0 Å². The Bertz CT molecular complexity index is 210. The van der Waals surface area contributed by atoms with E-state index >= 15 is 0 Å². The van der Waals surface area contributed by atoms with Gasteiger partial charge in [-0.3, -0.25) is 4.79 Å². The Hall–Kier alpha value is -0.610. The fraction of sp³-hybridized carbons (Fsp3) is 0.938. The summed E-state index contributed by atoms with van der Waals surface area (Å²) < 4.78 is 5.45. The third-order valence-electron chi connectivity index (χ3n) is 2.97. The molecule has 1 N–H and O–H groups in total. The van der Waals surface area contributed by atoms with Crippen molar-refractivity contribution in [1.29, 1.82) is 0 Å². The van der Waals surface area contributed by atoms with E-state index in [9.17, 15) is 4.79 Å². The number of ether oxygens (including phenoxy) is 1. The van der Waals surface area contributed by atoms with Gasteiger partial charge in [-0.1, -0.05) is 34.1 Å². The standard InChI is InChI=1S/C14H29NO3.C2H6/c1-4-6-10-18-11-7-8-13(14(16)17)12-15(3)9-5-2;1-2/h13H,4-12H2,1-3H3,(H,16,17);1-2H3. The molecule has 1 unspecified atom stereocenters. The average Bonchev–Trinajstić information content (AvgIpc) is 2.43. The van der Waals surface area contributed by atoms with Gasteiger partial charge in [-0.15, -0.1) is 0 Å². The Morgan fingerprint density at radius 3 is 2.25 bits per heavy atom. The Kier molecular flexibility index (Phi) is 17.8. The van der Waals surface area contributed by atoms with E-state index in [4.69, 9.17) is 9.84 Å². The van der Waals surface area contributed by atoms with Crippen molar-refractivity contribution in [3.63, 3.8) is 0 Å². The third-order valence-corrected chi connectivity index (χ3v) is 2.97. The molecule has 0 aromatic rings. The normalized spacial score (nSPS) is 11.9. The number of carboxylic acid groups (broad SMARTS) is 1. The zero-order valence-corrected chi connectivity index (χ0v) is 14.2. The number of rotatable bonds is 12. The summed E-state index contributed by atoms with van der Waals surface area (Å²) in [6.45, 7) is 11.3. The van der Waals surface area contributed by atoms with Crippen LogP contribution < -0.4 is 0 Å². The van der Waals surface area contributed by atoms with Crippen LogP contribution >= 0.6 is 0 Å². The first-order chi connectivity index (χ1) is 9.61. The predicted octanol–water partition coefficient (Wildman–Crippen LogP) is 3.65. The van der Waals surface area contributed by atoms with Crippen molar-refractivity contribution in [2.24, 2.45) is 5.92 Å². The van der Waals surface area contributed by atoms with Crippen LogP contribution in [0.2, 0.25) is 0 Å². The molecule has 1 atom stereocenters. The molecule has 0 bridgehead atoms. The summed E-state index contributed by atoms with van der Waals surface area (Å²) in [7, 11) is 1.98. The van der Waals surface area contributed by atoms with Gasteiger partial charge in [0.2, 0.25) is 0 Å². The van der Waals surface area contributed by atoms with Gasteiger partial charge in [0.1, 0.15) is 0 Å². The van der Waals surface area contributed by atoms with Crippen molar-refractivity contribution in [3.8, 4) is 0 Å². The van der Waals surface area contributed by atoms with E-state index in [1.807, 2.05) is 20.9 Å². The number of carbonyl (C=O) groups is 1. The summed E-state index contributed by atoms with van der Waals surface area (Å²) in [4.78, 5) is 13.2. The molecule has 0 spiro atoms. The van der Waals surface area contributed by atoms with Crippen LogP contribution in [0.5, 0.6) is 0 Å². The number of carboxylic acids is 1. The van der Waals surface area contributed by atoms with Gasteiger partial charge < -0.3 is 14.7 Å². The first-order valence-corrected chi connectivity index (χ1v) is 8.10. The summed E-state index contributed by atoms with van der Waals surface area (Å²) in [5, 5.41) is 9.16. The molecular formula is C16H35NO3. The van der Waals surface area contributed by atoms with Gasteiger partial charge >= 0.3 is 5.97 Å². The molecule has 0 aliphatic heterocycles. The topological polar surface area (TPSA) is 49.8 Å². The monoisotopic (exact) mass is 289 g/mol. The molecule has 0 fully saturated rings.